The molecule has 102 valence electrons. The van der Waals surface area contributed by atoms with Crippen molar-refractivity contribution in [3.63, 3.8) is 0 Å². The number of carbonyl (C=O) groups excluding carboxylic acids is 1. The summed E-state index contributed by atoms with van der Waals surface area (Å²) in [6, 6.07) is 7.53. The highest BCUT2D eigenvalue weighted by atomic mass is 32.2. The normalized spacial score (nSPS) is 10.6. The molecule has 0 bridgehead atoms. The van der Waals surface area contributed by atoms with E-state index in [1.54, 1.807) is 6.92 Å². The number of rotatable bonds is 7. The first kappa shape index (κ1) is 15.3. The van der Waals surface area contributed by atoms with E-state index in [9.17, 15) is 9.59 Å². The number of benzene rings is 1. The molecule has 19 heavy (non-hydrogen) atoms. The zero-order valence-electron chi connectivity index (χ0n) is 10.7. The van der Waals surface area contributed by atoms with Crippen LogP contribution >= 0.6 is 11.8 Å². The van der Waals surface area contributed by atoms with Crippen molar-refractivity contribution in [2.75, 3.05) is 12.4 Å². The van der Waals surface area contributed by atoms with E-state index in [2.05, 4.69) is 0 Å². The molecule has 0 fully saturated rings. The second-order valence-electron chi connectivity index (χ2n) is 3.71. The standard InChI is InChI=1S/C14H16O4S/c1-2-18-14(17)10-19-9-12-5-3-11(4-6-12)7-8-13(15)16/h3-8H,2,9-10H2,1H3,(H,15,16)/b8-7+. The van der Waals surface area contributed by atoms with Crippen molar-refractivity contribution < 1.29 is 19.4 Å². The summed E-state index contributed by atoms with van der Waals surface area (Å²) in [5, 5.41) is 8.51. The third-order valence-electron chi connectivity index (χ3n) is 2.19. The summed E-state index contributed by atoms with van der Waals surface area (Å²) < 4.78 is 4.83. The van der Waals surface area contributed by atoms with Crippen LogP contribution in [0.5, 0.6) is 0 Å². The molecule has 0 radical (unpaired) electrons. The van der Waals surface area contributed by atoms with Crippen molar-refractivity contribution in [2.45, 2.75) is 12.7 Å². The van der Waals surface area contributed by atoms with Crippen molar-refractivity contribution in [2.24, 2.45) is 0 Å². The summed E-state index contributed by atoms with van der Waals surface area (Å²) in [4.78, 5) is 21.5. The molecular formula is C14H16O4S. The number of aliphatic carboxylic acids is 1. The van der Waals surface area contributed by atoms with E-state index in [0.29, 0.717) is 12.4 Å². The Kier molecular flexibility index (Phi) is 6.74. The van der Waals surface area contributed by atoms with Crippen LogP contribution in [0.1, 0.15) is 18.1 Å². The van der Waals surface area contributed by atoms with Crippen molar-refractivity contribution in [1.29, 1.82) is 0 Å². The second kappa shape index (κ2) is 8.37. The van der Waals surface area contributed by atoms with Gasteiger partial charge >= 0.3 is 11.9 Å². The summed E-state index contributed by atoms with van der Waals surface area (Å²) in [7, 11) is 0. The Hall–Kier alpha value is -1.75. The van der Waals surface area contributed by atoms with Gasteiger partial charge in [0, 0.05) is 11.8 Å². The molecule has 0 spiro atoms. The molecule has 1 rings (SSSR count). The largest absolute Gasteiger partial charge is 0.478 e. The Labute approximate surface area is 116 Å². The molecule has 0 aliphatic heterocycles. The highest BCUT2D eigenvalue weighted by Gasteiger charge is 2.01. The average Bonchev–Trinajstić information content (AvgIpc) is 2.38. The lowest BCUT2D eigenvalue weighted by Gasteiger charge is -2.03. The van der Waals surface area contributed by atoms with Crippen LogP contribution in [0.4, 0.5) is 0 Å². The maximum atomic E-state index is 11.1. The second-order valence-corrected chi connectivity index (χ2v) is 4.70. The third kappa shape index (κ3) is 6.67. The van der Waals surface area contributed by atoms with E-state index in [0.717, 1.165) is 23.0 Å². The molecule has 0 aromatic heterocycles. The Morgan fingerprint density at radius 2 is 2.00 bits per heavy atom. The van der Waals surface area contributed by atoms with Crippen LogP contribution in [-0.4, -0.2) is 29.4 Å². The number of ether oxygens (including phenoxy) is 1. The summed E-state index contributed by atoms with van der Waals surface area (Å²) in [5.41, 5.74) is 1.92. The molecule has 0 amide bonds. The molecule has 0 heterocycles. The molecule has 0 saturated carbocycles. The van der Waals surface area contributed by atoms with E-state index in [4.69, 9.17) is 9.84 Å². The maximum Gasteiger partial charge on any atom is 0.328 e. The van der Waals surface area contributed by atoms with Crippen LogP contribution in [0.25, 0.3) is 6.08 Å². The Bertz CT molecular complexity index is 451. The number of carboxylic acid groups (broad SMARTS) is 1. The zero-order chi connectivity index (χ0) is 14.1. The van der Waals surface area contributed by atoms with E-state index in [1.807, 2.05) is 24.3 Å². The molecule has 1 aromatic rings. The smallest absolute Gasteiger partial charge is 0.328 e. The van der Waals surface area contributed by atoms with Crippen LogP contribution in [0.2, 0.25) is 0 Å². The summed E-state index contributed by atoms with van der Waals surface area (Å²) in [6.45, 7) is 2.19. The molecule has 0 aliphatic rings. The number of carboxylic acids is 1. The van der Waals surface area contributed by atoms with Crippen LogP contribution in [0, 0.1) is 0 Å². The number of hydrogen-bond donors (Lipinski definition) is 1. The van der Waals surface area contributed by atoms with Gasteiger partial charge in [0.05, 0.1) is 12.4 Å². The molecular weight excluding hydrogens is 264 g/mol. The van der Waals surface area contributed by atoms with Crippen LogP contribution < -0.4 is 0 Å². The van der Waals surface area contributed by atoms with Crippen molar-refractivity contribution in [3.8, 4) is 0 Å². The Morgan fingerprint density at radius 1 is 1.32 bits per heavy atom. The molecule has 0 saturated heterocycles. The third-order valence-corrected chi connectivity index (χ3v) is 3.17. The van der Waals surface area contributed by atoms with E-state index >= 15 is 0 Å². The summed E-state index contributed by atoms with van der Waals surface area (Å²) >= 11 is 1.49. The lowest BCUT2D eigenvalue weighted by Crippen LogP contribution is -2.06. The molecule has 4 nitrogen and oxygen atoms in total. The monoisotopic (exact) mass is 280 g/mol. The minimum atomic E-state index is -0.964. The van der Waals surface area contributed by atoms with E-state index in [1.165, 1.54) is 17.8 Å². The van der Waals surface area contributed by atoms with E-state index < -0.39 is 5.97 Å². The average molecular weight is 280 g/mol. The molecule has 0 atom stereocenters. The van der Waals surface area contributed by atoms with Crippen LogP contribution in [-0.2, 0) is 20.1 Å². The molecule has 5 heteroatoms. The molecule has 0 aliphatic carbocycles. The van der Waals surface area contributed by atoms with Crippen LogP contribution in [0.3, 0.4) is 0 Å². The first-order valence-electron chi connectivity index (χ1n) is 5.85. The minimum absolute atomic E-state index is 0.200. The van der Waals surface area contributed by atoms with Gasteiger partial charge in [-0.1, -0.05) is 24.3 Å². The van der Waals surface area contributed by atoms with Gasteiger partial charge in [0.2, 0.25) is 0 Å². The zero-order valence-corrected chi connectivity index (χ0v) is 11.5. The minimum Gasteiger partial charge on any atom is -0.478 e. The number of hydrogen-bond acceptors (Lipinski definition) is 4. The Morgan fingerprint density at radius 3 is 2.58 bits per heavy atom. The number of thioether (sulfide) groups is 1. The first-order valence-corrected chi connectivity index (χ1v) is 7.00. The van der Waals surface area contributed by atoms with Gasteiger partial charge in [0.1, 0.15) is 0 Å². The number of esters is 1. The molecule has 1 N–H and O–H groups in total. The first-order chi connectivity index (χ1) is 9.11. The van der Waals surface area contributed by atoms with Gasteiger partial charge < -0.3 is 9.84 Å². The van der Waals surface area contributed by atoms with Gasteiger partial charge in [0.15, 0.2) is 0 Å². The fraction of sp³-hybridized carbons (Fsp3) is 0.286. The van der Waals surface area contributed by atoms with Gasteiger partial charge in [-0.2, -0.15) is 0 Å². The predicted molar refractivity (Wildman–Crippen MR) is 75.9 cm³/mol. The lowest BCUT2D eigenvalue weighted by molar-refractivity contribution is -0.139. The molecule has 1 aromatic carbocycles. The van der Waals surface area contributed by atoms with E-state index in [-0.39, 0.29) is 5.97 Å². The van der Waals surface area contributed by atoms with Gasteiger partial charge in [-0.15, -0.1) is 11.8 Å². The van der Waals surface area contributed by atoms with Gasteiger partial charge in [-0.05, 0) is 24.1 Å². The maximum absolute atomic E-state index is 11.1. The van der Waals surface area contributed by atoms with Gasteiger partial charge in [-0.25, -0.2) is 4.79 Å². The highest BCUT2D eigenvalue weighted by Crippen LogP contribution is 2.14. The van der Waals surface area contributed by atoms with Gasteiger partial charge in [0.25, 0.3) is 0 Å². The predicted octanol–water partition coefficient (Wildman–Crippen LogP) is 2.58. The quantitative estimate of drug-likeness (QED) is 0.614. The van der Waals surface area contributed by atoms with Crippen molar-refractivity contribution in [3.05, 3.63) is 41.5 Å². The molecule has 0 unspecified atom stereocenters. The van der Waals surface area contributed by atoms with Crippen LogP contribution in [0.15, 0.2) is 30.3 Å². The summed E-state index contributed by atoms with van der Waals surface area (Å²) in [5.74, 6) is -0.0986. The summed E-state index contributed by atoms with van der Waals surface area (Å²) in [6.07, 6.45) is 2.64. The number of carbonyl (C=O) groups is 2. The fourth-order valence-electron chi connectivity index (χ4n) is 1.35. The topological polar surface area (TPSA) is 63.6 Å². The van der Waals surface area contributed by atoms with Crippen molar-refractivity contribution >= 4 is 29.8 Å². The Balaban J connectivity index is 2.40. The fourth-order valence-corrected chi connectivity index (χ4v) is 2.13. The van der Waals surface area contributed by atoms with Crippen molar-refractivity contribution in [1.82, 2.24) is 0 Å². The van der Waals surface area contributed by atoms with Gasteiger partial charge in [-0.3, -0.25) is 4.79 Å². The highest BCUT2D eigenvalue weighted by molar-refractivity contribution is 7.99. The SMILES string of the molecule is CCOC(=O)CSCc1ccc(/C=C/C(=O)O)cc1. The lowest BCUT2D eigenvalue weighted by atomic mass is 10.1.